The molecule has 116 valence electrons. The maximum absolute atomic E-state index is 5.27. The first-order valence-corrected chi connectivity index (χ1v) is 7.90. The van der Waals surface area contributed by atoms with Crippen molar-refractivity contribution in [2.75, 3.05) is 20.2 Å². The number of rotatable bonds is 3. The summed E-state index contributed by atoms with van der Waals surface area (Å²) in [7, 11) is 1.70. The highest BCUT2D eigenvalue weighted by Gasteiger charge is 2.24. The smallest absolute Gasteiger partial charge is 0.120 e. The van der Waals surface area contributed by atoms with E-state index in [2.05, 4.69) is 30.1 Å². The first-order chi connectivity index (χ1) is 9.67. The van der Waals surface area contributed by atoms with Gasteiger partial charge in [-0.3, -0.25) is 4.90 Å². The zero-order valence-corrected chi connectivity index (χ0v) is 14.3. The Morgan fingerprint density at radius 1 is 1.43 bits per heavy atom. The Balaban J connectivity index is 0.00000161. The van der Waals surface area contributed by atoms with E-state index in [0.717, 1.165) is 30.9 Å². The molecule has 1 saturated heterocycles. The second-order valence-electron chi connectivity index (χ2n) is 5.40. The molecule has 2 aromatic rings. The maximum Gasteiger partial charge on any atom is 0.120 e. The summed E-state index contributed by atoms with van der Waals surface area (Å²) in [5, 5.41) is 4.70. The molecule has 1 aromatic heterocycles. The minimum Gasteiger partial charge on any atom is -0.497 e. The molecule has 6 heteroatoms. The molecule has 3 rings (SSSR count). The number of piperazine rings is 1. The van der Waals surface area contributed by atoms with Gasteiger partial charge in [-0.15, -0.1) is 23.7 Å². The predicted octanol–water partition coefficient (Wildman–Crippen LogP) is 2.91. The van der Waals surface area contributed by atoms with Gasteiger partial charge in [0, 0.05) is 25.2 Å². The number of benzene rings is 1. The van der Waals surface area contributed by atoms with Crippen LogP contribution in [0.1, 0.15) is 18.9 Å². The Bertz CT molecular complexity index is 604. The van der Waals surface area contributed by atoms with Gasteiger partial charge >= 0.3 is 0 Å². The summed E-state index contributed by atoms with van der Waals surface area (Å²) < 4.78 is 6.48. The van der Waals surface area contributed by atoms with Gasteiger partial charge in [0.1, 0.15) is 10.8 Å². The normalized spacial score (nSPS) is 23.0. The highest BCUT2D eigenvalue weighted by atomic mass is 35.5. The van der Waals surface area contributed by atoms with Gasteiger partial charge in [0.15, 0.2) is 0 Å². The van der Waals surface area contributed by atoms with Crippen LogP contribution in [0, 0.1) is 0 Å². The van der Waals surface area contributed by atoms with Crippen LogP contribution in [0.2, 0.25) is 0 Å². The van der Waals surface area contributed by atoms with Crippen LogP contribution in [-0.2, 0) is 6.54 Å². The predicted molar refractivity (Wildman–Crippen MR) is 90.8 cm³/mol. The zero-order valence-electron chi connectivity index (χ0n) is 12.6. The lowest BCUT2D eigenvalue weighted by Crippen LogP contribution is -2.54. The largest absolute Gasteiger partial charge is 0.497 e. The summed E-state index contributed by atoms with van der Waals surface area (Å²) in [5.41, 5.74) is 1.07. The van der Waals surface area contributed by atoms with Gasteiger partial charge in [0.25, 0.3) is 0 Å². The summed E-state index contributed by atoms with van der Waals surface area (Å²) >= 11 is 1.77. The lowest BCUT2D eigenvalue weighted by Gasteiger charge is -2.38. The van der Waals surface area contributed by atoms with Crippen LogP contribution in [-0.4, -0.2) is 42.2 Å². The Morgan fingerprint density at radius 2 is 2.24 bits per heavy atom. The average molecular weight is 328 g/mol. The van der Waals surface area contributed by atoms with Gasteiger partial charge in [-0.05, 0) is 32.0 Å². The molecule has 0 radical (unpaired) electrons. The van der Waals surface area contributed by atoms with E-state index in [1.54, 1.807) is 18.4 Å². The molecule has 0 spiro atoms. The molecule has 1 fully saturated rings. The van der Waals surface area contributed by atoms with Gasteiger partial charge in [-0.2, -0.15) is 0 Å². The third-order valence-electron chi connectivity index (χ3n) is 4.14. The Hall–Kier alpha value is -0.880. The molecule has 0 bridgehead atoms. The van der Waals surface area contributed by atoms with Crippen LogP contribution < -0.4 is 10.1 Å². The van der Waals surface area contributed by atoms with Crippen LogP contribution in [0.3, 0.4) is 0 Å². The number of fused-ring (bicyclic) bond motifs is 1. The molecule has 2 atom stereocenters. The van der Waals surface area contributed by atoms with Gasteiger partial charge in [-0.1, -0.05) is 0 Å². The molecule has 1 aliphatic rings. The van der Waals surface area contributed by atoms with E-state index in [9.17, 15) is 0 Å². The minimum atomic E-state index is 0. The number of halogens is 1. The number of nitrogens with one attached hydrogen (secondary N) is 1. The van der Waals surface area contributed by atoms with E-state index in [4.69, 9.17) is 9.72 Å². The van der Waals surface area contributed by atoms with Crippen molar-refractivity contribution >= 4 is 34.0 Å². The van der Waals surface area contributed by atoms with Crippen LogP contribution in [0.5, 0.6) is 5.75 Å². The minimum absolute atomic E-state index is 0. The van der Waals surface area contributed by atoms with Crippen LogP contribution in [0.15, 0.2) is 18.2 Å². The fraction of sp³-hybridized carbons (Fsp3) is 0.533. The fourth-order valence-electron chi connectivity index (χ4n) is 2.67. The van der Waals surface area contributed by atoms with Crippen molar-refractivity contribution < 1.29 is 4.74 Å². The highest BCUT2D eigenvalue weighted by molar-refractivity contribution is 7.18. The topological polar surface area (TPSA) is 37.4 Å². The van der Waals surface area contributed by atoms with E-state index >= 15 is 0 Å². The number of thiazole rings is 1. The second kappa shape index (κ2) is 6.92. The molecular weight excluding hydrogens is 306 g/mol. The van der Waals surface area contributed by atoms with Gasteiger partial charge in [-0.25, -0.2) is 4.98 Å². The van der Waals surface area contributed by atoms with E-state index in [0.29, 0.717) is 12.1 Å². The summed E-state index contributed by atoms with van der Waals surface area (Å²) in [6, 6.07) is 7.17. The average Bonchev–Trinajstić information content (AvgIpc) is 2.85. The van der Waals surface area contributed by atoms with E-state index in [1.807, 2.05) is 12.1 Å². The number of aromatic nitrogens is 1. The van der Waals surface area contributed by atoms with E-state index in [1.165, 1.54) is 9.71 Å². The fourth-order valence-corrected chi connectivity index (χ4v) is 3.69. The first kappa shape index (κ1) is 16.5. The van der Waals surface area contributed by atoms with Crippen molar-refractivity contribution in [3.63, 3.8) is 0 Å². The Kier molecular flexibility index (Phi) is 5.43. The van der Waals surface area contributed by atoms with Crippen LogP contribution in [0.4, 0.5) is 0 Å². The number of nitrogens with zero attached hydrogens (tertiary/aromatic N) is 2. The molecule has 0 saturated carbocycles. The molecule has 4 nitrogen and oxygen atoms in total. The third kappa shape index (κ3) is 3.48. The molecule has 0 amide bonds. The summed E-state index contributed by atoms with van der Waals surface area (Å²) in [6.45, 7) is 7.62. The molecule has 2 unspecified atom stereocenters. The zero-order chi connectivity index (χ0) is 14.1. The molecule has 21 heavy (non-hydrogen) atoms. The van der Waals surface area contributed by atoms with Crippen molar-refractivity contribution in [3.05, 3.63) is 23.2 Å². The van der Waals surface area contributed by atoms with Gasteiger partial charge < -0.3 is 10.1 Å². The number of hydrogen-bond donors (Lipinski definition) is 1. The Labute approximate surface area is 135 Å². The van der Waals surface area contributed by atoms with Crippen LogP contribution in [0.25, 0.3) is 10.2 Å². The lowest BCUT2D eigenvalue weighted by molar-refractivity contribution is 0.131. The molecule has 1 N–H and O–H groups in total. The molecular formula is C15H22ClN3OS. The summed E-state index contributed by atoms with van der Waals surface area (Å²) in [5.74, 6) is 0.900. The number of ether oxygens (including phenoxy) is 1. The number of hydrogen-bond acceptors (Lipinski definition) is 5. The van der Waals surface area contributed by atoms with Crippen molar-refractivity contribution in [3.8, 4) is 5.75 Å². The highest BCUT2D eigenvalue weighted by Crippen LogP contribution is 2.27. The van der Waals surface area contributed by atoms with E-state index in [-0.39, 0.29) is 12.4 Å². The van der Waals surface area contributed by atoms with Crippen LogP contribution >= 0.6 is 23.7 Å². The second-order valence-corrected chi connectivity index (χ2v) is 6.51. The van der Waals surface area contributed by atoms with Crippen molar-refractivity contribution in [2.24, 2.45) is 0 Å². The monoisotopic (exact) mass is 327 g/mol. The molecule has 1 aromatic carbocycles. The lowest BCUT2D eigenvalue weighted by atomic mass is 10.1. The summed E-state index contributed by atoms with van der Waals surface area (Å²) in [6.07, 6.45) is 0. The molecule has 1 aliphatic heterocycles. The number of methoxy groups -OCH3 is 1. The van der Waals surface area contributed by atoms with Gasteiger partial charge in [0.2, 0.25) is 0 Å². The van der Waals surface area contributed by atoms with Crippen molar-refractivity contribution in [1.29, 1.82) is 0 Å². The first-order valence-electron chi connectivity index (χ1n) is 7.08. The Morgan fingerprint density at radius 3 is 3.00 bits per heavy atom. The third-order valence-corrected chi connectivity index (χ3v) is 5.15. The standard InChI is InChI=1S/C15H21N3OS.ClH/c1-10-11(2)18(7-6-16-10)9-15-17-13-5-4-12(19-3)8-14(13)20-15;/h4-5,8,10-11,16H,6-7,9H2,1-3H3;1H. The van der Waals surface area contributed by atoms with Crippen molar-refractivity contribution in [2.45, 2.75) is 32.5 Å². The molecule has 0 aliphatic carbocycles. The van der Waals surface area contributed by atoms with Gasteiger partial charge in [0.05, 0.1) is 23.9 Å². The maximum atomic E-state index is 5.27. The molecule has 2 heterocycles. The SMILES string of the molecule is COc1ccc2nc(CN3CCNC(C)C3C)sc2c1.Cl. The van der Waals surface area contributed by atoms with Crippen molar-refractivity contribution in [1.82, 2.24) is 15.2 Å². The summed E-state index contributed by atoms with van der Waals surface area (Å²) in [4.78, 5) is 7.25. The van der Waals surface area contributed by atoms with E-state index < -0.39 is 0 Å². The quantitative estimate of drug-likeness (QED) is 0.940.